The van der Waals surface area contributed by atoms with Crippen molar-refractivity contribution in [3.8, 4) is 11.8 Å². The Hall–Kier alpha value is -0.900. The molecule has 4 nitrogen and oxygen atoms in total. The summed E-state index contributed by atoms with van der Waals surface area (Å²) >= 11 is 1.69. The van der Waals surface area contributed by atoms with Gasteiger partial charge in [-0.25, -0.2) is 0 Å². The van der Waals surface area contributed by atoms with Gasteiger partial charge in [0.1, 0.15) is 6.61 Å². The SMILES string of the molecule is OCC#Cc1ccc(CN2CCC(OCCO)CC2)s1. The van der Waals surface area contributed by atoms with Crippen LogP contribution in [-0.4, -0.2) is 54.1 Å². The molecule has 1 aromatic heterocycles. The van der Waals surface area contributed by atoms with Crippen LogP contribution in [0.25, 0.3) is 0 Å². The molecule has 0 unspecified atom stereocenters. The third-order valence-electron chi connectivity index (χ3n) is 3.31. The van der Waals surface area contributed by atoms with Gasteiger partial charge in [0.05, 0.1) is 24.2 Å². The van der Waals surface area contributed by atoms with Crippen LogP contribution in [0.1, 0.15) is 22.6 Å². The van der Waals surface area contributed by atoms with Crippen LogP contribution < -0.4 is 0 Å². The molecule has 1 saturated heterocycles. The second kappa shape index (κ2) is 8.40. The highest BCUT2D eigenvalue weighted by Gasteiger charge is 2.19. The third kappa shape index (κ3) is 4.89. The van der Waals surface area contributed by atoms with E-state index in [1.807, 2.05) is 6.07 Å². The van der Waals surface area contributed by atoms with Crippen molar-refractivity contribution in [1.29, 1.82) is 0 Å². The molecule has 2 N–H and O–H groups in total. The Morgan fingerprint density at radius 1 is 1.30 bits per heavy atom. The molecule has 1 fully saturated rings. The van der Waals surface area contributed by atoms with Gasteiger partial charge >= 0.3 is 0 Å². The molecule has 0 radical (unpaired) electrons. The first-order valence-corrected chi connectivity index (χ1v) is 7.76. The first-order chi connectivity index (χ1) is 9.81. The Balaban J connectivity index is 1.76. The van der Waals surface area contributed by atoms with Crippen LogP contribution in [0.3, 0.4) is 0 Å². The molecule has 5 heteroatoms. The van der Waals surface area contributed by atoms with Crippen LogP contribution in [0.4, 0.5) is 0 Å². The van der Waals surface area contributed by atoms with E-state index in [9.17, 15) is 0 Å². The summed E-state index contributed by atoms with van der Waals surface area (Å²) in [5.41, 5.74) is 0. The third-order valence-corrected chi connectivity index (χ3v) is 4.30. The summed E-state index contributed by atoms with van der Waals surface area (Å²) < 4.78 is 5.56. The molecule has 0 aromatic carbocycles. The highest BCUT2D eigenvalue weighted by molar-refractivity contribution is 7.12. The summed E-state index contributed by atoms with van der Waals surface area (Å²) in [5.74, 6) is 5.61. The van der Waals surface area contributed by atoms with E-state index in [-0.39, 0.29) is 13.2 Å². The van der Waals surface area contributed by atoms with E-state index in [1.165, 1.54) is 4.88 Å². The van der Waals surface area contributed by atoms with Crippen molar-refractivity contribution in [2.24, 2.45) is 0 Å². The van der Waals surface area contributed by atoms with Crippen molar-refractivity contribution in [3.05, 3.63) is 21.9 Å². The Bertz CT molecular complexity index is 455. The quantitative estimate of drug-likeness (QED) is 0.798. The standard InChI is InChI=1S/C15H21NO3S/c17-9-1-2-14-3-4-15(20-14)12-16-7-5-13(6-8-16)19-11-10-18/h3-4,13,17-18H,5-12H2. The normalized spacial score (nSPS) is 16.9. The number of nitrogens with zero attached hydrogens (tertiary/aromatic N) is 1. The van der Waals surface area contributed by atoms with Crippen molar-refractivity contribution in [1.82, 2.24) is 4.90 Å². The fraction of sp³-hybridized carbons (Fsp3) is 0.600. The first kappa shape index (κ1) is 15.5. The molecule has 110 valence electrons. The van der Waals surface area contributed by atoms with Crippen LogP contribution in [-0.2, 0) is 11.3 Å². The number of hydrogen-bond donors (Lipinski definition) is 2. The van der Waals surface area contributed by atoms with Crippen LogP contribution in [0.15, 0.2) is 12.1 Å². The Kier molecular flexibility index (Phi) is 6.51. The fourth-order valence-corrected chi connectivity index (χ4v) is 3.26. The van der Waals surface area contributed by atoms with Gasteiger partial charge in [0.15, 0.2) is 0 Å². The van der Waals surface area contributed by atoms with Gasteiger partial charge in [-0.15, -0.1) is 11.3 Å². The van der Waals surface area contributed by atoms with Gasteiger partial charge in [-0.1, -0.05) is 11.8 Å². The fourth-order valence-electron chi connectivity index (χ4n) is 2.33. The second-order valence-electron chi connectivity index (χ2n) is 4.80. The number of aliphatic hydroxyl groups excluding tert-OH is 2. The summed E-state index contributed by atoms with van der Waals surface area (Å²) in [5, 5.41) is 17.4. The van der Waals surface area contributed by atoms with Gasteiger partial charge in [-0.3, -0.25) is 4.90 Å². The molecule has 20 heavy (non-hydrogen) atoms. The zero-order chi connectivity index (χ0) is 14.2. The van der Waals surface area contributed by atoms with Crippen LogP contribution in [0, 0.1) is 11.8 Å². The van der Waals surface area contributed by atoms with Gasteiger partial charge in [-0.2, -0.15) is 0 Å². The van der Waals surface area contributed by atoms with Crippen molar-refractivity contribution < 1.29 is 14.9 Å². The van der Waals surface area contributed by atoms with Gasteiger partial charge < -0.3 is 14.9 Å². The molecule has 2 rings (SSSR count). The smallest absolute Gasteiger partial charge is 0.104 e. The maximum Gasteiger partial charge on any atom is 0.104 e. The van der Waals surface area contributed by atoms with E-state index in [0.29, 0.717) is 12.7 Å². The van der Waals surface area contributed by atoms with Crippen LogP contribution in [0.5, 0.6) is 0 Å². The van der Waals surface area contributed by atoms with E-state index in [2.05, 4.69) is 22.8 Å². The van der Waals surface area contributed by atoms with Crippen LogP contribution in [0.2, 0.25) is 0 Å². The number of piperidine rings is 1. The van der Waals surface area contributed by atoms with E-state index in [0.717, 1.165) is 37.4 Å². The zero-order valence-corrected chi connectivity index (χ0v) is 12.4. The lowest BCUT2D eigenvalue weighted by atomic mass is 10.1. The van der Waals surface area contributed by atoms with Gasteiger partial charge in [0, 0.05) is 24.5 Å². The Morgan fingerprint density at radius 2 is 2.10 bits per heavy atom. The Labute approximate surface area is 124 Å². The van der Waals surface area contributed by atoms with E-state index >= 15 is 0 Å². The zero-order valence-electron chi connectivity index (χ0n) is 11.5. The van der Waals surface area contributed by atoms with Crippen molar-refractivity contribution in [2.75, 3.05) is 32.9 Å². The topological polar surface area (TPSA) is 52.9 Å². The lowest BCUT2D eigenvalue weighted by Gasteiger charge is -2.31. The highest BCUT2D eigenvalue weighted by atomic mass is 32.1. The molecule has 0 atom stereocenters. The minimum atomic E-state index is -0.0887. The predicted molar refractivity (Wildman–Crippen MR) is 79.6 cm³/mol. The predicted octanol–water partition coefficient (Wildman–Crippen LogP) is 1.07. The number of rotatable bonds is 5. The maximum atomic E-state index is 8.75. The van der Waals surface area contributed by atoms with Gasteiger partial charge in [0.25, 0.3) is 0 Å². The monoisotopic (exact) mass is 295 g/mol. The molecular formula is C15H21NO3S. The number of aliphatic hydroxyl groups is 2. The van der Waals surface area contributed by atoms with E-state index < -0.39 is 0 Å². The van der Waals surface area contributed by atoms with Crippen molar-refractivity contribution in [3.63, 3.8) is 0 Å². The molecule has 1 aliphatic heterocycles. The number of ether oxygens (including phenoxy) is 1. The molecule has 0 amide bonds. The van der Waals surface area contributed by atoms with E-state index in [1.54, 1.807) is 11.3 Å². The summed E-state index contributed by atoms with van der Waals surface area (Å²) in [6, 6.07) is 4.13. The van der Waals surface area contributed by atoms with E-state index in [4.69, 9.17) is 14.9 Å². The van der Waals surface area contributed by atoms with Crippen molar-refractivity contribution >= 4 is 11.3 Å². The molecule has 0 aliphatic carbocycles. The summed E-state index contributed by atoms with van der Waals surface area (Å²) in [7, 11) is 0. The average molecular weight is 295 g/mol. The van der Waals surface area contributed by atoms with Gasteiger partial charge in [-0.05, 0) is 25.0 Å². The number of likely N-dealkylation sites (tertiary alicyclic amines) is 1. The molecule has 1 aliphatic rings. The molecule has 0 spiro atoms. The molecule has 2 heterocycles. The Morgan fingerprint density at radius 3 is 2.80 bits per heavy atom. The number of hydrogen-bond acceptors (Lipinski definition) is 5. The summed E-state index contributed by atoms with van der Waals surface area (Å²) in [4.78, 5) is 4.74. The maximum absolute atomic E-state index is 8.75. The first-order valence-electron chi connectivity index (χ1n) is 6.95. The van der Waals surface area contributed by atoms with Crippen LogP contribution >= 0.6 is 11.3 Å². The number of thiophene rings is 1. The molecule has 0 saturated carbocycles. The highest BCUT2D eigenvalue weighted by Crippen LogP contribution is 2.20. The molecular weight excluding hydrogens is 274 g/mol. The van der Waals surface area contributed by atoms with Crippen molar-refractivity contribution in [2.45, 2.75) is 25.5 Å². The largest absolute Gasteiger partial charge is 0.394 e. The summed E-state index contributed by atoms with van der Waals surface area (Å²) in [6.07, 6.45) is 2.36. The van der Waals surface area contributed by atoms with Gasteiger partial charge in [0.2, 0.25) is 0 Å². The molecule has 0 bridgehead atoms. The lowest BCUT2D eigenvalue weighted by molar-refractivity contribution is -0.00886. The average Bonchev–Trinajstić information content (AvgIpc) is 2.92. The second-order valence-corrected chi connectivity index (χ2v) is 5.96. The minimum Gasteiger partial charge on any atom is -0.394 e. The lowest BCUT2D eigenvalue weighted by Crippen LogP contribution is -2.36. The minimum absolute atomic E-state index is 0.0887. The molecule has 1 aromatic rings. The summed E-state index contributed by atoms with van der Waals surface area (Å²) in [6.45, 7) is 3.49.